The zero-order valence-corrected chi connectivity index (χ0v) is 11.3. The van der Waals surface area contributed by atoms with E-state index < -0.39 is 0 Å². The van der Waals surface area contributed by atoms with E-state index in [9.17, 15) is 0 Å². The minimum atomic E-state index is 0.267. The van der Waals surface area contributed by atoms with Crippen molar-refractivity contribution < 1.29 is 4.74 Å². The van der Waals surface area contributed by atoms with Gasteiger partial charge in [-0.05, 0) is 44.0 Å². The summed E-state index contributed by atoms with van der Waals surface area (Å²) in [5.74, 6) is 1.79. The molecule has 3 heteroatoms. The average Bonchev–Trinajstić information content (AvgIpc) is 3.12. The van der Waals surface area contributed by atoms with E-state index in [-0.39, 0.29) is 6.04 Å². The summed E-state index contributed by atoms with van der Waals surface area (Å²) in [6.07, 6.45) is 3.93. The molecule has 0 aromatic heterocycles. The molecule has 2 rings (SSSR count). The van der Waals surface area contributed by atoms with Crippen molar-refractivity contribution in [3.8, 4) is 5.75 Å². The molecule has 0 amide bonds. The maximum Gasteiger partial charge on any atom is 0.120 e. The fraction of sp³-hybridized carbons (Fsp3) is 0.571. The molecule has 0 heterocycles. The van der Waals surface area contributed by atoms with Gasteiger partial charge in [-0.25, -0.2) is 0 Å². The van der Waals surface area contributed by atoms with Crippen molar-refractivity contribution in [2.45, 2.75) is 32.2 Å². The number of halogens is 1. The highest BCUT2D eigenvalue weighted by molar-refractivity contribution is 6.31. The fourth-order valence-corrected chi connectivity index (χ4v) is 2.19. The van der Waals surface area contributed by atoms with E-state index in [4.69, 9.17) is 16.3 Å². The standard InChI is InChI=1S/C14H20ClNO/c1-10(16-2)13-6-5-12(9-14(13)15)17-8-7-11-3-4-11/h5-6,9-11,16H,3-4,7-8H2,1-2H3. The molecule has 1 fully saturated rings. The first-order chi connectivity index (χ1) is 8.20. The smallest absolute Gasteiger partial charge is 0.120 e. The molecule has 1 N–H and O–H groups in total. The molecule has 1 atom stereocenters. The van der Waals surface area contributed by atoms with Gasteiger partial charge < -0.3 is 10.1 Å². The molecule has 1 aliphatic rings. The van der Waals surface area contributed by atoms with Crippen LogP contribution in [0.25, 0.3) is 0 Å². The monoisotopic (exact) mass is 253 g/mol. The topological polar surface area (TPSA) is 21.3 Å². The third-order valence-electron chi connectivity index (χ3n) is 3.36. The lowest BCUT2D eigenvalue weighted by molar-refractivity contribution is 0.302. The molecule has 0 radical (unpaired) electrons. The summed E-state index contributed by atoms with van der Waals surface area (Å²) in [5.41, 5.74) is 1.11. The Bertz CT molecular complexity index is 376. The van der Waals surface area contributed by atoms with Crippen LogP contribution in [0, 0.1) is 5.92 Å². The average molecular weight is 254 g/mol. The van der Waals surface area contributed by atoms with Gasteiger partial charge in [0.2, 0.25) is 0 Å². The van der Waals surface area contributed by atoms with Crippen molar-refractivity contribution in [3.63, 3.8) is 0 Å². The van der Waals surface area contributed by atoms with Crippen molar-refractivity contribution in [2.24, 2.45) is 5.92 Å². The Morgan fingerprint density at radius 1 is 1.47 bits per heavy atom. The van der Waals surface area contributed by atoms with Crippen molar-refractivity contribution >= 4 is 11.6 Å². The second-order valence-electron chi connectivity index (χ2n) is 4.77. The molecule has 2 nitrogen and oxygen atoms in total. The molecule has 17 heavy (non-hydrogen) atoms. The lowest BCUT2D eigenvalue weighted by Gasteiger charge is -2.14. The maximum atomic E-state index is 6.24. The molecule has 1 aromatic carbocycles. The van der Waals surface area contributed by atoms with Crippen LogP contribution in [0.1, 0.15) is 37.8 Å². The summed E-state index contributed by atoms with van der Waals surface area (Å²) in [7, 11) is 1.93. The van der Waals surface area contributed by atoms with E-state index in [1.807, 2.05) is 25.2 Å². The molecule has 94 valence electrons. The zero-order chi connectivity index (χ0) is 12.3. The van der Waals surface area contributed by atoms with Gasteiger partial charge in [-0.1, -0.05) is 30.5 Å². The Morgan fingerprint density at radius 3 is 2.82 bits per heavy atom. The first-order valence-electron chi connectivity index (χ1n) is 6.30. The second-order valence-corrected chi connectivity index (χ2v) is 5.18. The van der Waals surface area contributed by atoms with E-state index in [1.165, 1.54) is 19.3 Å². The molecular weight excluding hydrogens is 234 g/mol. The van der Waals surface area contributed by atoms with Crippen molar-refractivity contribution in [1.29, 1.82) is 0 Å². The Balaban J connectivity index is 1.92. The van der Waals surface area contributed by atoms with E-state index in [0.717, 1.165) is 28.9 Å². The normalized spacial score (nSPS) is 16.9. The first-order valence-corrected chi connectivity index (χ1v) is 6.68. The molecule has 0 spiro atoms. The number of benzene rings is 1. The Hall–Kier alpha value is -0.730. The van der Waals surface area contributed by atoms with Gasteiger partial charge in [0.25, 0.3) is 0 Å². The Kier molecular flexibility index (Phi) is 4.30. The van der Waals surface area contributed by atoms with E-state index in [0.29, 0.717) is 0 Å². The number of hydrogen-bond donors (Lipinski definition) is 1. The van der Waals surface area contributed by atoms with Crippen LogP contribution in [-0.4, -0.2) is 13.7 Å². The third kappa shape index (κ3) is 3.62. The predicted octanol–water partition coefficient (Wildman–Crippen LogP) is 3.80. The van der Waals surface area contributed by atoms with E-state index in [2.05, 4.69) is 12.2 Å². The largest absolute Gasteiger partial charge is 0.494 e. The van der Waals surface area contributed by atoms with Gasteiger partial charge >= 0.3 is 0 Å². The van der Waals surface area contributed by atoms with E-state index >= 15 is 0 Å². The molecule has 1 aliphatic carbocycles. The summed E-state index contributed by atoms with van der Waals surface area (Å²) in [6.45, 7) is 2.90. The van der Waals surface area contributed by atoms with Gasteiger partial charge in [0.1, 0.15) is 5.75 Å². The van der Waals surface area contributed by atoms with Crippen LogP contribution in [0.15, 0.2) is 18.2 Å². The summed E-state index contributed by atoms with van der Waals surface area (Å²) in [5, 5.41) is 3.96. The van der Waals surface area contributed by atoms with Crippen LogP contribution in [0.5, 0.6) is 5.75 Å². The molecular formula is C14H20ClNO. The second kappa shape index (κ2) is 5.74. The Morgan fingerprint density at radius 2 is 2.24 bits per heavy atom. The highest BCUT2D eigenvalue weighted by atomic mass is 35.5. The highest BCUT2D eigenvalue weighted by Gasteiger charge is 2.20. The van der Waals surface area contributed by atoms with E-state index in [1.54, 1.807) is 0 Å². The highest BCUT2D eigenvalue weighted by Crippen LogP contribution is 2.32. The van der Waals surface area contributed by atoms with Gasteiger partial charge in [-0.3, -0.25) is 0 Å². The minimum Gasteiger partial charge on any atom is -0.494 e. The van der Waals surface area contributed by atoms with Crippen LogP contribution in [-0.2, 0) is 0 Å². The van der Waals surface area contributed by atoms with Gasteiger partial charge in [0.15, 0.2) is 0 Å². The molecule has 1 aromatic rings. The summed E-state index contributed by atoms with van der Waals surface area (Å²) < 4.78 is 5.70. The predicted molar refractivity (Wildman–Crippen MR) is 71.8 cm³/mol. The molecule has 0 saturated heterocycles. The van der Waals surface area contributed by atoms with Crippen molar-refractivity contribution in [2.75, 3.05) is 13.7 Å². The third-order valence-corrected chi connectivity index (χ3v) is 3.69. The number of nitrogens with one attached hydrogen (secondary N) is 1. The summed E-state index contributed by atoms with van der Waals surface area (Å²) in [4.78, 5) is 0. The number of hydrogen-bond acceptors (Lipinski definition) is 2. The SMILES string of the molecule is CNC(C)c1ccc(OCCC2CC2)cc1Cl. The van der Waals surface area contributed by atoms with Crippen LogP contribution >= 0.6 is 11.6 Å². The number of ether oxygens (including phenoxy) is 1. The number of rotatable bonds is 6. The quantitative estimate of drug-likeness (QED) is 0.833. The Labute approximate surface area is 108 Å². The molecule has 0 aliphatic heterocycles. The first kappa shape index (κ1) is 12.7. The lowest BCUT2D eigenvalue weighted by atomic mass is 10.1. The lowest BCUT2D eigenvalue weighted by Crippen LogP contribution is -2.12. The van der Waals surface area contributed by atoms with Crippen molar-refractivity contribution in [1.82, 2.24) is 5.32 Å². The van der Waals surface area contributed by atoms with Gasteiger partial charge in [-0.15, -0.1) is 0 Å². The molecule has 1 unspecified atom stereocenters. The van der Waals surface area contributed by atoms with Crippen LogP contribution < -0.4 is 10.1 Å². The zero-order valence-electron chi connectivity index (χ0n) is 10.5. The fourth-order valence-electron chi connectivity index (χ4n) is 1.85. The molecule has 0 bridgehead atoms. The van der Waals surface area contributed by atoms with Crippen LogP contribution in [0.2, 0.25) is 5.02 Å². The van der Waals surface area contributed by atoms with Gasteiger partial charge in [-0.2, -0.15) is 0 Å². The van der Waals surface area contributed by atoms with Gasteiger partial charge in [0.05, 0.1) is 6.61 Å². The van der Waals surface area contributed by atoms with Crippen LogP contribution in [0.3, 0.4) is 0 Å². The summed E-state index contributed by atoms with van der Waals surface area (Å²) >= 11 is 6.24. The maximum absolute atomic E-state index is 6.24. The molecule has 1 saturated carbocycles. The summed E-state index contributed by atoms with van der Waals surface area (Å²) in [6, 6.07) is 6.22. The van der Waals surface area contributed by atoms with Crippen LogP contribution in [0.4, 0.5) is 0 Å². The minimum absolute atomic E-state index is 0.267. The van der Waals surface area contributed by atoms with Gasteiger partial charge in [0, 0.05) is 11.1 Å². The van der Waals surface area contributed by atoms with Crippen molar-refractivity contribution in [3.05, 3.63) is 28.8 Å².